The minimum atomic E-state index is -0.153. The molecule has 5 heterocycles. The Morgan fingerprint density at radius 1 is 1.11 bits per heavy atom. The molecular weight excluding hydrogens is 454 g/mol. The van der Waals surface area contributed by atoms with Crippen molar-refractivity contribution in [1.82, 2.24) is 29.2 Å². The Hall–Kier alpha value is -3.98. The van der Waals surface area contributed by atoms with Gasteiger partial charge in [0.05, 0.1) is 13.2 Å². The molecule has 2 aliphatic heterocycles. The molecule has 1 N–H and O–H groups in total. The molecule has 0 saturated heterocycles. The first-order chi connectivity index (χ1) is 17.6. The van der Waals surface area contributed by atoms with Crippen molar-refractivity contribution < 1.29 is 4.74 Å². The number of benzene rings is 1. The van der Waals surface area contributed by atoms with E-state index in [9.17, 15) is 4.79 Å². The standard InChI is InChI=1S/C27H27N7O2/c1-32-16-18-14-19(8-9-21(18)27(17-32)10-11-27)29-26-28-15-20-24(31-26)34-22-6-5-7-23(30-22)36-13-4-2-3-12-33(34)25(20)35/h2-3,5-9,14-15H,4,10-13,16-17H2,1H3,(H,28,29,31)/b3-2-. The van der Waals surface area contributed by atoms with Gasteiger partial charge >= 0.3 is 0 Å². The van der Waals surface area contributed by atoms with E-state index in [1.165, 1.54) is 24.0 Å². The number of likely N-dealkylation sites (N-methyl/N-ethyl adjacent to an activating group) is 1. The second kappa shape index (κ2) is 8.03. The van der Waals surface area contributed by atoms with Crippen LogP contribution in [0.3, 0.4) is 0 Å². The number of nitrogens with zero attached hydrogens (tertiary/aromatic N) is 6. The molecule has 0 unspecified atom stereocenters. The van der Waals surface area contributed by atoms with Crippen LogP contribution in [0.25, 0.3) is 16.9 Å². The van der Waals surface area contributed by atoms with Gasteiger partial charge in [-0.05, 0) is 55.6 Å². The molecule has 2 bridgehead atoms. The van der Waals surface area contributed by atoms with Crippen LogP contribution in [-0.4, -0.2) is 49.4 Å². The highest BCUT2D eigenvalue weighted by Crippen LogP contribution is 2.52. The van der Waals surface area contributed by atoms with Crippen LogP contribution in [0.1, 0.15) is 30.4 Å². The van der Waals surface area contributed by atoms with Crippen LogP contribution in [0.15, 0.2) is 59.5 Å². The van der Waals surface area contributed by atoms with Crippen molar-refractivity contribution in [2.45, 2.75) is 37.8 Å². The summed E-state index contributed by atoms with van der Waals surface area (Å²) in [6, 6.07) is 12.1. The van der Waals surface area contributed by atoms with Crippen molar-refractivity contribution in [2.24, 2.45) is 0 Å². The minimum Gasteiger partial charge on any atom is -0.477 e. The fourth-order valence-corrected chi connectivity index (χ4v) is 5.59. The summed E-state index contributed by atoms with van der Waals surface area (Å²) in [5.41, 5.74) is 4.47. The second-order valence-corrected chi connectivity index (χ2v) is 10.0. The van der Waals surface area contributed by atoms with E-state index in [1.807, 2.05) is 30.4 Å². The SMILES string of the molecule is CN1Cc2cc(Nc3ncc4c(=O)n5n(c4n3)-c3cccc(n3)OCC/C=C\C5)ccc2C2(CC2)C1. The first kappa shape index (κ1) is 21.3. The van der Waals surface area contributed by atoms with Gasteiger partial charge in [0, 0.05) is 36.5 Å². The predicted molar refractivity (Wildman–Crippen MR) is 137 cm³/mol. The van der Waals surface area contributed by atoms with Crippen LogP contribution >= 0.6 is 0 Å². The largest absolute Gasteiger partial charge is 0.477 e. The Morgan fingerprint density at radius 3 is 2.92 bits per heavy atom. The number of rotatable bonds is 2. The van der Waals surface area contributed by atoms with E-state index in [0.717, 1.165) is 25.2 Å². The molecule has 0 atom stereocenters. The molecule has 3 aromatic heterocycles. The quantitative estimate of drug-likeness (QED) is 0.438. The van der Waals surface area contributed by atoms with Crippen LogP contribution in [0.2, 0.25) is 0 Å². The van der Waals surface area contributed by atoms with E-state index in [0.29, 0.717) is 47.2 Å². The summed E-state index contributed by atoms with van der Waals surface area (Å²) in [5, 5.41) is 3.81. The highest BCUT2D eigenvalue weighted by atomic mass is 16.5. The Labute approximate surface area is 208 Å². The number of hydrogen-bond donors (Lipinski definition) is 1. The van der Waals surface area contributed by atoms with Gasteiger partial charge in [0.25, 0.3) is 5.56 Å². The molecule has 0 radical (unpaired) electrons. The summed E-state index contributed by atoms with van der Waals surface area (Å²) in [4.78, 5) is 29.6. The summed E-state index contributed by atoms with van der Waals surface area (Å²) >= 11 is 0. The topological polar surface area (TPSA) is 90.1 Å². The number of ether oxygens (including phenoxy) is 1. The van der Waals surface area contributed by atoms with Gasteiger partial charge in [0.1, 0.15) is 5.39 Å². The van der Waals surface area contributed by atoms with Crippen molar-refractivity contribution in [1.29, 1.82) is 0 Å². The molecule has 9 heteroatoms. The maximum atomic E-state index is 13.3. The van der Waals surface area contributed by atoms with Gasteiger partial charge in [-0.25, -0.2) is 14.3 Å². The Kier molecular flexibility index (Phi) is 4.75. The van der Waals surface area contributed by atoms with Crippen LogP contribution in [0.4, 0.5) is 11.6 Å². The average molecular weight is 482 g/mol. The monoisotopic (exact) mass is 481 g/mol. The molecular formula is C27H27N7O2. The predicted octanol–water partition coefficient (Wildman–Crippen LogP) is 3.54. The first-order valence-electron chi connectivity index (χ1n) is 12.4. The molecule has 36 heavy (non-hydrogen) atoms. The van der Waals surface area contributed by atoms with Gasteiger partial charge < -0.3 is 15.0 Å². The number of pyridine rings is 1. The fourth-order valence-electron chi connectivity index (χ4n) is 5.59. The lowest BCUT2D eigenvalue weighted by Gasteiger charge is -2.32. The number of aromatic nitrogens is 5. The summed E-state index contributed by atoms with van der Waals surface area (Å²) in [6.07, 6.45) is 8.85. The number of nitrogens with one attached hydrogen (secondary N) is 1. The van der Waals surface area contributed by atoms with Crippen LogP contribution in [0, 0.1) is 0 Å². The molecule has 1 fully saturated rings. The summed E-state index contributed by atoms with van der Waals surface area (Å²) in [6.45, 7) is 3.01. The number of fused-ring (bicyclic) bond motifs is 8. The fraction of sp³-hybridized carbons (Fsp3) is 0.333. The van der Waals surface area contributed by atoms with Gasteiger partial charge in [0.15, 0.2) is 11.5 Å². The van der Waals surface area contributed by atoms with Gasteiger partial charge in [0.2, 0.25) is 11.8 Å². The van der Waals surface area contributed by atoms with E-state index in [-0.39, 0.29) is 5.56 Å². The molecule has 1 aromatic carbocycles. The molecule has 3 aliphatic rings. The zero-order valence-corrected chi connectivity index (χ0v) is 20.1. The van der Waals surface area contributed by atoms with Crippen LogP contribution in [0.5, 0.6) is 5.88 Å². The average Bonchev–Trinajstić information content (AvgIpc) is 3.58. The van der Waals surface area contributed by atoms with E-state index in [4.69, 9.17) is 9.72 Å². The lowest BCUT2D eigenvalue weighted by molar-refractivity contribution is 0.271. The Balaban J connectivity index is 1.31. The lowest BCUT2D eigenvalue weighted by Crippen LogP contribution is -2.35. The van der Waals surface area contributed by atoms with Gasteiger partial charge in [-0.2, -0.15) is 9.97 Å². The molecule has 182 valence electrons. The maximum absolute atomic E-state index is 13.3. The Morgan fingerprint density at radius 2 is 2.03 bits per heavy atom. The molecule has 1 aliphatic carbocycles. The van der Waals surface area contributed by atoms with E-state index < -0.39 is 0 Å². The summed E-state index contributed by atoms with van der Waals surface area (Å²) in [5.74, 6) is 1.53. The zero-order valence-electron chi connectivity index (χ0n) is 20.1. The Bertz CT molecular complexity index is 1580. The maximum Gasteiger partial charge on any atom is 0.278 e. The molecule has 1 spiro atoms. The lowest BCUT2D eigenvalue weighted by atomic mass is 9.87. The van der Waals surface area contributed by atoms with Crippen LogP contribution in [-0.2, 0) is 18.5 Å². The molecule has 1 saturated carbocycles. The summed E-state index contributed by atoms with van der Waals surface area (Å²) in [7, 11) is 2.19. The third-order valence-electron chi connectivity index (χ3n) is 7.38. The van der Waals surface area contributed by atoms with Crippen molar-refractivity contribution in [3.8, 4) is 11.7 Å². The van der Waals surface area contributed by atoms with Gasteiger partial charge in [-0.1, -0.05) is 24.3 Å². The van der Waals surface area contributed by atoms with Crippen LogP contribution < -0.4 is 15.6 Å². The van der Waals surface area contributed by atoms with E-state index in [1.54, 1.807) is 15.6 Å². The molecule has 9 nitrogen and oxygen atoms in total. The van der Waals surface area contributed by atoms with Crippen molar-refractivity contribution in [3.63, 3.8) is 0 Å². The highest BCUT2D eigenvalue weighted by molar-refractivity contribution is 5.77. The molecule has 4 aromatic rings. The van der Waals surface area contributed by atoms with E-state index in [2.05, 4.69) is 45.4 Å². The number of anilines is 2. The van der Waals surface area contributed by atoms with Crippen molar-refractivity contribution >= 4 is 22.7 Å². The van der Waals surface area contributed by atoms with Crippen molar-refractivity contribution in [3.05, 3.63) is 76.2 Å². The highest BCUT2D eigenvalue weighted by Gasteiger charge is 2.48. The molecule has 0 amide bonds. The molecule has 7 rings (SSSR count). The minimum absolute atomic E-state index is 0.153. The normalized spacial score (nSPS) is 19.1. The number of allylic oxidation sites excluding steroid dienone is 1. The first-order valence-corrected chi connectivity index (χ1v) is 12.4. The van der Waals surface area contributed by atoms with Crippen molar-refractivity contribution in [2.75, 3.05) is 25.5 Å². The second-order valence-electron chi connectivity index (χ2n) is 10.0. The summed E-state index contributed by atoms with van der Waals surface area (Å²) < 4.78 is 9.17. The smallest absolute Gasteiger partial charge is 0.278 e. The number of hydrogen-bond acceptors (Lipinski definition) is 7. The zero-order chi connectivity index (χ0) is 24.3. The van der Waals surface area contributed by atoms with Gasteiger partial charge in [-0.15, -0.1) is 0 Å². The third kappa shape index (κ3) is 3.50. The van der Waals surface area contributed by atoms with E-state index >= 15 is 0 Å². The third-order valence-corrected chi connectivity index (χ3v) is 7.38. The van der Waals surface area contributed by atoms with Gasteiger partial charge in [-0.3, -0.25) is 4.79 Å².